The summed E-state index contributed by atoms with van der Waals surface area (Å²) >= 11 is 1.51. The van der Waals surface area contributed by atoms with Crippen LogP contribution in [0.4, 0.5) is 5.69 Å². The van der Waals surface area contributed by atoms with E-state index >= 15 is 0 Å². The lowest BCUT2D eigenvalue weighted by Gasteiger charge is -2.09. The Hall–Kier alpha value is -2.18. The van der Waals surface area contributed by atoms with Crippen molar-refractivity contribution < 1.29 is 8.42 Å². The van der Waals surface area contributed by atoms with Gasteiger partial charge in [0.1, 0.15) is 5.01 Å². The third-order valence-corrected chi connectivity index (χ3v) is 5.34. The van der Waals surface area contributed by atoms with Gasteiger partial charge in [-0.2, -0.15) is 0 Å². The fourth-order valence-corrected chi connectivity index (χ4v) is 3.70. The third-order valence-electron chi connectivity index (χ3n) is 3.13. The fraction of sp³-hybridized carbons (Fsp3) is 0.0625. The van der Waals surface area contributed by atoms with E-state index in [0.29, 0.717) is 5.69 Å². The van der Waals surface area contributed by atoms with E-state index in [9.17, 15) is 8.42 Å². The summed E-state index contributed by atoms with van der Waals surface area (Å²) in [6.45, 7) is 1.92. The minimum absolute atomic E-state index is 0.248. The zero-order valence-electron chi connectivity index (χ0n) is 11.9. The van der Waals surface area contributed by atoms with Crippen molar-refractivity contribution in [3.63, 3.8) is 0 Å². The van der Waals surface area contributed by atoms with Gasteiger partial charge in [0.15, 0.2) is 0 Å². The lowest BCUT2D eigenvalue weighted by molar-refractivity contribution is 0.601. The van der Waals surface area contributed by atoms with Crippen molar-refractivity contribution in [2.24, 2.45) is 0 Å². The minimum atomic E-state index is -3.58. The predicted octanol–water partition coefficient (Wildman–Crippen LogP) is 3.92. The zero-order chi connectivity index (χ0) is 15.6. The molecule has 1 N–H and O–H groups in total. The molecule has 0 aliphatic heterocycles. The van der Waals surface area contributed by atoms with Gasteiger partial charge in [0, 0.05) is 22.8 Å². The minimum Gasteiger partial charge on any atom is -0.280 e. The molecular weight excluding hydrogens is 316 g/mol. The van der Waals surface area contributed by atoms with Crippen molar-refractivity contribution in [3.05, 3.63) is 65.7 Å². The molecule has 1 heterocycles. The molecular formula is C16H14N2O2S2. The average molecular weight is 330 g/mol. The summed E-state index contributed by atoms with van der Waals surface area (Å²) in [6, 6.07) is 14.0. The number of aryl methyl sites for hydroxylation is 1. The molecule has 0 bridgehead atoms. The fourth-order valence-electron chi connectivity index (χ4n) is 2.01. The van der Waals surface area contributed by atoms with Crippen LogP contribution in [-0.2, 0) is 10.0 Å². The number of hydrogen-bond acceptors (Lipinski definition) is 4. The normalized spacial score (nSPS) is 11.3. The van der Waals surface area contributed by atoms with E-state index in [0.717, 1.165) is 16.1 Å². The molecule has 2 aromatic carbocycles. The van der Waals surface area contributed by atoms with Gasteiger partial charge in [-0.25, -0.2) is 13.4 Å². The van der Waals surface area contributed by atoms with Crippen molar-refractivity contribution in [1.82, 2.24) is 4.98 Å². The maximum Gasteiger partial charge on any atom is 0.261 e. The van der Waals surface area contributed by atoms with Gasteiger partial charge in [-0.05, 0) is 31.2 Å². The topological polar surface area (TPSA) is 59.1 Å². The molecule has 0 saturated carbocycles. The Morgan fingerprint density at radius 3 is 2.55 bits per heavy atom. The summed E-state index contributed by atoms with van der Waals surface area (Å²) in [7, 11) is -3.58. The van der Waals surface area contributed by atoms with Crippen LogP contribution >= 0.6 is 11.3 Å². The van der Waals surface area contributed by atoms with Crippen LogP contribution in [-0.4, -0.2) is 13.4 Å². The van der Waals surface area contributed by atoms with Crippen LogP contribution < -0.4 is 4.72 Å². The number of hydrogen-bond donors (Lipinski definition) is 1. The van der Waals surface area contributed by atoms with E-state index in [1.165, 1.54) is 11.3 Å². The van der Waals surface area contributed by atoms with E-state index in [-0.39, 0.29) is 4.90 Å². The standard InChI is InChI=1S/C16H14N2O2S2/c1-12-5-7-15(8-6-12)22(19,20)18-14-4-2-3-13(11-14)16-17-9-10-21-16/h2-11,18H,1H3. The second-order valence-corrected chi connectivity index (χ2v) is 7.41. The Bertz CT molecular complexity index is 871. The van der Waals surface area contributed by atoms with Crippen molar-refractivity contribution in [2.45, 2.75) is 11.8 Å². The Balaban J connectivity index is 1.89. The highest BCUT2D eigenvalue weighted by Crippen LogP contribution is 2.25. The van der Waals surface area contributed by atoms with Crippen LogP contribution in [0.5, 0.6) is 0 Å². The second kappa shape index (κ2) is 5.90. The average Bonchev–Trinajstić information content (AvgIpc) is 3.02. The van der Waals surface area contributed by atoms with Gasteiger partial charge in [-0.15, -0.1) is 11.3 Å². The first kappa shape index (κ1) is 14.7. The number of thiazole rings is 1. The number of nitrogens with one attached hydrogen (secondary N) is 1. The third kappa shape index (κ3) is 3.18. The van der Waals surface area contributed by atoms with E-state index < -0.39 is 10.0 Å². The first-order valence-electron chi connectivity index (χ1n) is 6.64. The molecule has 0 saturated heterocycles. The molecule has 0 aliphatic carbocycles. The molecule has 3 rings (SSSR count). The van der Waals surface area contributed by atoms with Crippen molar-refractivity contribution >= 4 is 27.0 Å². The molecule has 0 aliphatic rings. The van der Waals surface area contributed by atoms with Gasteiger partial charge in [0.2, 0.25) is 0 Å². The van der Waals surface area contributed by atoms with Crippen LogP contribution in [0, 0.1) is 6.92 Å². The molecule has 22 heavy (non-hydrogen) atoms. The zero-order valence-corrected chi connectivity index (χ0v) is 13.5. The molecule has 6 heteroatoms. The molecule has 0 amide bonds. The molecule has 1 aromatic heterocycles. The molecule has 0 spiro atoms. The van der Waals surface area contributed by atoms with Gasteiger partial charge in [-0.3, -0.25) is 4.72 Å². The predicted molar refractivity (Wildman–Crippen MR) is 89.5 cm³/mol. The molecule has 3 aromatic rings. The number of nitrogens with zero attached hydrogens (tertiary/aromatic N) is 1. The van der Waals surface area contributed by atoms with E-state index in [2.05, 4.69) is 9.71 Å². The Labute approximate surface area is 133 Å². The lowest BCUT2D eigenvalue weighted by atomic mass is 10.2. The quantitative estimate of drug-likeness (QED) is 0.789. The largest absolute Gasteiger partial charge is 0.280 e. The summed E-state index contributed by atoms with van der Waals surface area (Å²) < 4.78 is 27.4. The monoisotopic (exact) mass is 330 g/mol. The highest BCUT2D eigenvalue weighted by atomic mass is 32.2. The molecule has 0 unspecified atom stereocenters. The molecule has 4 nitrogen and oxygen atoms in total. The SMILES string of the molecule is Cc1ccc(S(=O)(=O)Nc2cccc(-c3nccs3)c2)cc1. The van der Waals surface area contributed by atoms with Gasteiger partial charge in [0.25, 0.3) is 10.0 Å². The second-order valence-electron chi connectivity index (χ2n) is 4.84. The number of benzene rings is 2. The molecule has 112 valence electrons. The van der Waals surface area contributed by atoms with Crippen molar-refractivity contribution in [2.75, 3.05) is 4.72 Å². The molecule has 0 radical (unpaired) electrons. The van der Waals surface area contributed by atoms with E-state index in [1.54, 1.807) is 42.6 Å². The lowest BCUT2D eigenvalue weighted by Crippen LogP contribution is -2.12. The number of anilines is 1. The summed E-state index contributed by atoms with van der Waals surface area (Å²) in [4.78, 5) is 4.48. The van der Waals surface area contributed by atoms with Crippen LogP contribution in [0.2, 0.25) is 0 Å². The summed E-state index contributed by atoms with van der Waals surface area (Å²) in [5.41, 5.74) is 2.43. The Morgan fingerprint density at radius 1 is 1.09 bits per heavy atom. The maximum atomic E-state index is 12.4. The smallest absolute Gasteiger partial charge is 0.261 e. The summed E-state index contributed by atoms with van der Waals surface area (Å²) in [5, 5.41) is 2.75. The van der Waals surface area contributed by atoms with Gasteiger partial charge >= 0.3 is 0 Å². The maximum absolute atomic E-state index is 12.4. The highest BCUT2D eigenvalue weighted by molar-refractivity contribution is 7.92. The van der Waals surface area contributed by atoms with Crippen molar-refractivity contribution in [3.8, 4) is 10.6 Å². The molecule has 0 fully saturated rings. The highest BCUT2D eigenvalue weighted by Gasteiger charge is 2.14. The summed E-state index contributed by atoms with van der Waals surface area (Å²) in [5.74, 6) is 0. The van der Waals surface area contributed by atoms with Crippen LogP contribution in [0.1, 0.15) is 5.56 Å². The first-order chi connectivity index (χ1) is 10.5. The Kier molecular flexibility index (Phi) is 3.96. The van der Waals surface area contributed by atoms with Gasteiger partial charge < -0.3 is 0 Å². The van der Waals surface area contributed by atoms with Gasteiger partial charge in [-0.1, -0.05) is 29.8 Å². The van der Waals surface area contributed by atoms with E-state index in [4.69, 9.17) is 0 Å². The number of rotatable bonds is 4. The van der Waals surface area contributed by atoms with Gasteiger partial charge in [0.05, 0.1) is 4.90 Å². The van der Waals surface area contributed by atoms with Crippen molar-refractivity contribution in [1.29, 1.82) is 0 Å². The van der Waals surface area contributed by atoms with Crippen LogP contribution in [0.25, 0.3) is 10.6 Å². The number of sulfonamides is 1. The first-order valence-corrected chi connectivity index (χ1v) is 9.00. The van der Waals surface area contributed by atoms with Crippen LogP contribution in [0.3, 0.4) is 0 Å². The Morgan fingerprint density at radius 2 is 1.86 bits per heavy atom. The summed E-state index contributed by atoms with van der Waals surface area (Å²) in [6.07, 6.45) is 1.73. The van der Waals surface area contributed by atoms with E-state index in [1.807, 2.05) is 24.4 Å². The number of aromatic nitrogens is 1. The molecule has 0 atom stereocenters. The van der Waals surface area contributed by atoms with Crippen LogP contribution in [0.15, 0.2) is 65.0 Å².